The van der Waals surface area contributed by atoms with Crippen molar-refractivity contribution in [3.8, 4) is 27.9 Å². The van der Waals surface area contributed by atoms with Crippen molar-refractivity contribution in [2.45, 2.75) is 0 Å². The van der Waals surface area contributed by atoms with Crippen LogP contribution in [0, 0.1) is 0 Å². The van der Waals surface area contributed by atoms with Gasteiger partial charge in [-0.05, 0) is 76.9 Å². The quantitative estimate of drug-likeness (QED) is 0.243. The fourth-order valence-electron chi connectivity index (χ4n) is 5.77. The van der Waals surface area contributed by atoms with Crippen molar-refractivity contribution in [1.82, 2.24) is 4.57 Å². The second-order valence-corrected chi connectivity index (χ2v) is 9.81. The van der Waals surface area contributed by atoms with Gasteiger partial charge in [-0.2, -0.15) is 0 Å². The molecule has 0 fully saturated rings. The van der Waals surface area contributed by atoms with Gasteiger partial charge in [0.05, 0.1) is 11.0 Å². The van der Waals surface area contributed by atoms with Crippen LogP contribution in [0.15, 0.2) is 144 Å². The zero-order chi connectivity index (χ0) is 25.1. The maximum atomic E-state index is 6.21. The minimum atomic E-state index is 0.913. The van der Waals surface area contributed by atoms with E-state index >= 15 is 0 Å². The fourth-order valence-corrected chi connectivity index (χ4v) is 5.77. The van der Waals surface area contributed by atoms with Gasteiger partial charge in [-0.25, -0.2) is 0 Å². The van der Waals surface area contributed by atoms with Crippen LogP contribution in [-0.2, 0) is 0 Å². The molecule has 2 heterocycles. The molecule has 0 aliphatic heterocycles. The summed E-state index contributed by atoms with van der Waals surface area (Å²) < 4.78 is 8.56. The number of hydrogen-bond donors (Lipinski definition) is 0. The highest BCUT2D eigenvalue weighted by molar-refractivity contribution is 6.11. The molecule has 0 unspecified atom stereocenters. The Hall–Kier alpha value is -5.08. The lowest BCUT2D eigenvalue weighted by Gasteiger charge is -2.08. The Morgan fingerprint density at radius 1 is 0.368 bits per heavy atom. The molecular weight excluding hydrogens is 462 g/mol. The van der Waals surface area contributed by atoms with Gasteiger partial charge in [-0.15, -0.1) is 0 Å². The van der Waals surface area contributed by atoms with Gasteiger partial charge in [-0.3, -0.25) is 0 Å². The number of para-hydroxylation sites is 2. The SMILES string of the molecule is c1ccc(-c2ccc3oc4ccc(-c5ccc6c(c5)c5ccccc5n6-c5ccccc5)cc4c3c2)cc1. The van der Waals surface area contributed by atoms with E-state index in [-0.39, 0.29) is 0 Å². The van der Waals surface area contributed by atoms with Crippen LogP contribution >= 0.6 is 0 Å². The molecule has 0 saturated heterocycles. The maximum absolute atomic E-state index is 6.21. The van der Waals surface area contributed by atoms with Crippen molar-refractivity contribution in [2.24, 2.45) is 0 Å². The van der Waals surface area contributed by atoms with Crippen LogP contribution in [0.25, 0.3) is 71.7 Å². The molecule has 6 aromatic carbocycles. The molecule has 2 nitrogen and oxygen atoms in total. The maximum Gasteiger partial charge on any atom is 0.135 e. The van der Waals surface area contributed by atoms with Gasteiger partial charge < -0.3 is 8.98 Å². The van der Waals surface area contributed by atoms with Crippen LogP contribution in [0.1, 0.15) is 0 Å². The highest BCUT2D eigenvalue weighted by Crippen LogP contribution is 2.38. The molecule has 0 bridgehead atoms. The summed E-state index contributed by atoms with van der Waals surface area (Å²) >= 11 is 0. The van der Waals surface area contributed by atoms with Crippen molar-refractivity contribution in [1.29, 1.82) is 0 Å². The predicted molar refractivity (Wildman–Crippen MR) is 159 cm³/mol. The molecule has 0 aliphatic rings. The molecule has 0 N–H and O–H groups in total. The van der Waals surface area contributed by atoms with Crippen LogP contribution in [0.4, 0.5) is 0 Å². The average Bonchev–Trinajstić information content (AvgIpc) is 3.52. The van der Waals surface area contributed by atoms with Crippen LogP contribution in [0.5, 0.6) is 0 Å². The lowest BCUT2D eigenvalue weighted by Crippen LogP contribution is -1.92. The molecule has 0 radical (unpaired) electrons. The van der Waals surface area contributed by atoms with E-state index in [1.807, 2.05) is 0 Å². The van der Waals surface area contributed by atoms with Gasteiger partial charge >= 0.3 is 0 Å². The van der Waals surface area contributed by atoms with Crippen molar-refractivity contribution in [2.75, 3.05) is 0 Å². The monoisotopic (exact) mass is 485 g/mol. The molecule has 0 amide bonds. The molecule has 178 valence electrons. The molecule has 0 aliphatic carbocycles. The molecule has 38 heavy (non-hydrogen) atoms. The van der Waals surface area contributed by atoms with Crippen LogP contribution in [-0.4, -0.2) is 4.57 Å². The first-order chi connectivity index (χ1) is 18.8. The first kappa shape index (κ1) is 21.0. The Kier molecular flexibility index (Phi) is 4.55. The Morgan fingerprint density at radius 3 is 1.61 bits per heavy atom. The Balaban J connectivity index is 1.32. The van der Waals surface area contributed by atoms with E-state index in [1.54, 1.807) is 0 Å². The molecule has 0 saturated carbocycles. The average molecular weight is 486 g/mol. The molecular formula is C36H23NO. The van der Waals surface area contributed by atoms with E-state index in [1.165, 1.54) is 49.7 Å². The minimum Gasteiger partial charge on any atom is -0.456 e. The summed E-state index contributed by atoms with van der Waals surface area (Å²) in [7, 11) is 0. The first-order valence-corrected chi connectivity index (χ1v) is 12.9. The number of hydrogen-bond acceptors (Lipinski definition) is 1. The zero-order valence-corrected chi connectivity index (χ0v) is 20.6. The van der Waals surface area contributed by atoms with E-state index in [2.05, 4.69) is 144 Å². The second-order valence-electron chi connectivity index (χ2n) is 9.81. The summed E-state index contributed by atoms with van der Waals surface area (Å²) in [6.45, 7) is 0. The summed E-state index contributed by atoms with van der Waals surface area (Å²) in [6, 6.07) is 49.6. The Bertz CT molecular complexity index is 2110. The minimum absolute atomic E-state index is 0.913. The smallest absolute Gasteiger partial charge is 0.135 e. The Labute approximate surface area is 220 Å². The van der Waals surface area contributed by atoms with E-state index < -0.39 is 0 Å². The summed E-state index contributed by atoms with van der Waals surface area (Å²) in [4.78, 5) is 0. The highest BCUT2D eigenvalue weighted by Gasteiger charge is 2.14. The lowest BCUT2D eigenvalue weighted by atomic mass is 9.99. The summed E-state index contributed by atoms with van der Waals surface area (Å²) in [6.07, 6.45) is 0. The standard InChI is InChI=1S/C36H23NO/c1-3-9-24(10-4-1)25-16-19-35-31(22-25)32-23-27(17-20-36(32)38-35)26-15-18-34-30(21-26)29-13-7-8-14-33(29)37(34)28-11-5-2-6-12-28/h1-23H. The van der Waals surface area contributed by atoms with Crippen LogP contribution < -0.4 is 0 Å². The van der Waals surface area contributed by atoms with Crippen LogP contribution in [0.2, 0.25) is 0 Å². The van der Waals surface area contributed by atoms with Crippen LogP contribution in [0.3, 0.4) is 0 Å². The topological polar surface area (TPSA) is 18.1 Å². The fraction of sp³-hybridized carbons (Fsp3) is 0. The molecule has 0 atom stereocenters. The third-order valence-electron chi connectivity index (χ3n) is 7.60. The predicted octanol–water partition coefficient (Wildman–Crippen LogP) is 10.0. The van der Waals surface area contributed by atoms with E-state index in [9.17, 15) is 0 Å². The first-order valence-electron chi connectivity index (χ1n) is 12.9. The normalized spacial score (nSPS) is 11.7. The second kappa shape index (κ2) is 8.22. The number of furan rings is 1. The van der Waals surface area contributed by atoms with E-state index in [0.717, 1.165) is 21.9 Å². The molecule has 0 spiro atoms. The third kappa shape index (κ3) is 3.21. The van der Waals surface area contributed by atoms with Gasteiger partial charge in [0.15, 0.2) is 0 Å². The van der Waals surface area contributed by atoms with Crippen molar-refractivity contribution in [3.05, 3.63) is 140 Å². The van der Waals surface area contributed by atoms with E-state index in [0.29, 0.717) is 0 Å². The number of benzene rings is 6. The van der Waals surface area contributed by atoms with Gasteiger partial charge in [0.25, 0.3) is 0 Å². The summed E-state index contributed by atoms with van der Waals surface area (Å²) in [5.41, 5.74) is 10.2. The van der Waals surface area contributed by atoms with Crippen molar-refractivity contribution >= 4 is 43.7 Å². The van der Waals surface area contributed by atoms with Gasteiger partial charge in [-0.1, -0.05) is 84.9 Å². The molecule has 2 aromatic heterocycles. The Morgan fingerprint density at radius 2 is 0.895 bits per heavy atom. The number of aromatic nitrogens is 1. The van der Waals surface area contributed by atoms with Crippen molar-refractivity contribution < 1.29 is 4.42 Å². The summed E-state index contributed by atoms with van der Waals surface area (Å²) in [5, 5.41) is 4.80. The number of nitrogens with zero attached hydrogens (tertiary/aromatic N) is 1. The largest absolute Gasteiger partial charge is 0.456 e. The number of fused-ring (bicyclic) bond motifs is 6. The lowest BCUT2D eigenvalue weighted by molar-refractivity contribution is 0.669. The third-order valence-corrected chi connectivity index (χ3v) is 7.60. The highest BCUT2D eigenvalue weighted by atomic mass is 16.3. The molecule has 8 aromatic rings. The van der Waals surface area contributed by atoms with Gasteiger partial charge in [0.2, 0.25) is 0 Å². The summed E-state index contributed by atoms with van der Waals surface area (Å²) in [5.74, 6) is 0. The number of rotatable bonds is 3. The van der Waals surface area contributed by atoms with E-state index in [4.69, 9.17) is 4.42 Å². The zero-order valence-electron chi connectivity index (χ0n) is 20.6. The molecule has 8 rings (SSSR count). The van der Waals surface area contributed by atoms with Crippen molar-refractivity contribution in [3.63, 3.8) is 0 Å². The van der Waals surface area contributed by atoms with Gasteiger partial charge in [0, 0.05) is 27.2 Å². The molecule has 2 heteroatoms. The van der Waals surface area contributed by atoms with Gasteiger partial charge in [0.1, 0.15) is 11.2 Å².